The van der Waals surface area contributed by atoms with Crippen molar-refractivity contribution in [3.8, 4) is 0 Å². The molecule has 0 aromatic heterocycles. The van der Waals surface area contributed by atoms with Crippen molar-refractivity contribution < 1.29 is 4.65 Å². The van der Waals surface area contributed by atoms with Crippen LogP contribution in [0.4, 0.5) is 0 Å². The maximum Gasteiger partial charge on any atom is 0.0889 e. The Hall–Kier alpha value is -0.0800. The normalized spacial score (nSPS) is 53.4. The minimum Gasteiger partial charge on any atom is -0.633 e. The standard InChI is InChI=1S/C8H15NO/c1-9(10)7-3-2-4-8(9)6-5-7/h7-8H,2-6H2,1H3/t7-,8+,9?. The summed E-state index contributed by atoms with van der Waals surface area (Å²) in [5.74, 6) is 0. The van der Waals surface area contributed by atoms with Crippen LogP contribution in [0.5, 0.6) is 0 Å². The number of hydroxylamine groups is 3. The van der Waals surface area contributed by atoms with Gasteiger partial charge in [0, 0.05) is 12.8 Å². The quantitative estimate of drug-likeness (QED) is 0.371. The Morgan fingerprint density at radius 2 is 1.60 bits per heavy atom. The molecule has 0 saturated carbocycles. The van der Waals surface area contributed by atoms with E-state index in [1.165, 1.54) is 32.1 Å². The van der Waals surface area contributed by atoms with Gasteiger partial charge in [0.15, 0.2) is 0 Å². The zero-order valence-corrected chi connectivity index (χ0v) is 6.55. The van der Waals surface area contributed by atoms with Gasteiger partial charge in [0.25, 0.3) is 0 Å². The summed E-state index contributed by atoms with van der Waals surface area (Å²) in [5, 5.41) is 11.8. The van der Waals surface area contributed by atoms with Gasteiger partial charge >= 0.3 is 0 Å². The van der Waals surface area contributed by atoms with Gasteiger partial charge in [-0.05, 0) is 19.3 Å². The van der Waals surface area contributed by atoms with Crippen LogP contribution >= 0.6 is 0 Å². The van der Waals surface area contributed by atoms with Crippen molar-refractivity contribution in [2.45, 2.75) is 44.2 Å². The Kier molecular flexibility index (Phi) is 1.29. The highest BCUT2D eigenvalue weighted by molar-refractivity contribution is 4.81. The maximum absolute atomic E-state index is 11.8. The van der Waals surface area contributed by atoms with Crippen LogP contribution in [0.25, 0.3) is 0 Å². The highest BCUT2D eigenvalue weighted by atomic mass is 16.5. The van der Waals surface area contributed by atoms with Crippen LogP contribution in [0.3, 0.4) is 0 Å². The van der Waals surface area contributed by atoms with Gasteiger partial charge in [-0.25, -0.2) is 0 Å². The third-order valence-electron chi connectivity index (χ3n) is 3.36. The number of piperidine rings is 1. The van der Waals surface area contributed by atoms with Crippen molar-refractivity contribution in [2.24, 2.45) is 0 Å². The Bertz CT molecular complexity index is 126. The Balaban J connectivity index is 2.21. The summed E-state index contributed by atoms with van der Waals surface area (Å²) in [4.78, 5) is 0. The summed E-state index contributed by atoms with van der Waals surface area (Å²) in [6, 6.07) is 0.914. The molecule has 2 nitrogen and oxygen atoms in total. The molecule has 0 spiro atoms. The second-order valence-corrected chi connectivity index (χ2v) is 3.87. The molecule has 2 saturated heterocycles. The smallest absolute Gasteiger partial charge is 0.0889 e. The van der Waals surface area contributed by atoms with Gasteiger partial charge in [0.05, 0.1) is 19.1 Å². The van der Waals surface area contributed by atoms with Gasteiger partial charge in [-0.15, -0.1) is 0 Å². The molecule has 3 atom stereocenters. The molecule has 2 fully saturated rings. The van der Waals surface area contributed by atoms with Crippen LogP contribution in [-0.4, -0.2) is 23.8 Å². The minimum absolute atomic E-state index is 0.0833. The minimum atomic E-state index is 0.0833. The van der Waals surface area contributed by atoms with Crippen molar-refractivity contribution in [3.63, 3.8) is 0 Å². The topological polar surface area (TPSA) is 23.1 Å². The number of hydrogen-bond acceptors (Lipinski definition) is 1. The van der Waals surface area contributed by atoms with Crippen LogP contribution in [-0.2, 0) is 0 Å². The summed E-state index contributed by atoms with van der Waals surface area (Å²) >= 11 is 0. The molecule has 2 heterocycles. The summed E-state index contributed by atoms with van der Waals surface area (Å²) < 4.78 is 0.0833. The number of fused-ring (bicyclic) bond motifs is 2. The average molecular weight is 141 g/mol. The zero-order valence-electron chi connectivity index (χ0n) is 6.55. The lowest BCUT2D eigenvalue weighted by Crippen LogP contribution is -2.50. The van der Waals surface area contributed by atoms with E-state index in [1.807, 2.05) is 7.05 Å². The summed E-state index contributed by atoms with van der Waals surface area (Å²) in [6.45, 7) is 0. The molecule has 0 radical (unpaired) electrons. The van der Waals surface area contributed by atoms with Crippen LogP contribution in [0.1, 0.15) is 32.1 Å². The van der Waals surface area contributed by atoms with Crippen LogP contribution < -0.4 is 0 Å². The van der Waals surface area contributed by atoms with Crippen molar-refractivity contribution in [1.82, 2.24) is 0 Å². The molecule has 58 valence electrons. The fourth-order valence-electron chi connectivity index (χ4n) is 2.59. The van der Waals surface area contributed by atoms with E-state index in [4.69, 9.17) is 0 Å². The first-order valence-corrected chi connectivity index (χ1v) is 4.28. The van der Waals surface area contributed by atoms with E-state index in [0.29, 0.717) is 12.1 Å². The fourth-order valence-corrected chi connectivity index (χ4v) is 2.59. The van der Waals surface area contributed by atoms with Crippen molar-refractivity contribution in [1.29, 1.82) is 0 Å². The second-order valence-electron chi connectivity index (χ2n) is 3.87. The van der Waals surface area contributed by atoms with Crippen molar-refractivity contribution >= 4 is 0 Å². The van der Waals surface area contributed by atoms with E-state index in [-0.39, 0.29) is 4.65 Å². The Morgan fingerprint density at radius 1 is 1.10 bits per heavy atom. The Morgan fingerprint density at radius 3 is 2.00 bits per heavy atom. The lowest BCUT2D eigenvalue weighted by atomic mass is 10.0. The molecule has 2 bridgehead atoms. The van der Waals surface area contributed by atoms with Crippen LogP contribution in [0.15, 0.2) is 0 Å². The molecule has 2 heteroatoms. The van der Waals surface area contributed by atoms with E-state index in [2.05, 4.69) is 0 Å². The molecular weight excluding hydrogens is 126 g/mol. The van der Waals surface area contributed by atoms with Gasteiger partial charge in [0.2, 0.25) is 0 Å². The monoisotopic (exact) mass is 141 g/mol. The number of quaternary nitrogens is 1. The molecule has 0 N–H and O–H groups in total. The Labute approximate surface area is 62.0 Å². The number of nitrogens with zero attached hydrogens (tertiary/aromatic N) is 1. The molecule has 0 amide bonds. The summed E-state index contributed by atoms with van der Waals surface area (Å²) in [7, 11) is 1.86. The van der Waals surface area contributed by atoms with E-state index in [9.17, 15) is 5.21 Å². The van der Waals surface area contributed by atoms with Gasteiger partial charge < -0.3 is 9.85 Å². The van der Waals surface area contributed by atoms with E-state index in [1.54, 1.807) is 0 Å². The largest absolute Gasteiger partial charge is 0.633 e. The second kappa shape index (κ2) is 1.95. The lowest BCUT2D eigenvalue weighted by Gasteiger charge is -2.48. The SMILES string of the molecule is C[N+]1([O-])[C@@H]2CCC[C@H]1CC2. The van der Waals surface area contributed by atoms with Gasteiger partial charge in [0.1, 0.15) is 0 Å². The van der Waals surface area contributed by atoms with Gasteiger partial charge in [-0.3, -0.25) is 0 Å². The first-order valence-electron chi connectivity index (χ1n) is 4.28. The number of hydrogen-bond donors (Lipinski definition) is 0. The molecule has 10 heavy (non-hydrogen) atoms. The molecule has 2 aliphatic heterocycles. The predicted molar refractivity (Wildman–Crippen MR) is 40.2 cm³/mol. The highest BCUT2D eigenvalue weighted by Gasteiger charge is 2.42. The first-order chi connectivity index (χ1) is 4.71. The fraction of sp³-hybridized carbons (Fsp3) is 1.00. The maximum atomic E-state index is 11.8. The van der Waals surface area contributed by atoms with Gasteiger partial charge in [-0.2, -0.15) is 0 Å². The molecule has 0 aliphatic carbocycles. The summed E-state index contributed by atoms with van der Waals surface area (Å²) in [5.41, 5.74) is 0. The highest BCUT2D eigenvalue weighted by Crippen LogP contribution is 2.39. The third-order valence-corrected chi connectivity index (χ3v) is 3.36. The first kappa shape index (κ1) is 6.62. The van der Waals surface area contributed by atoms with Crippen LogP contribution in [0, 0.1) is 5.21 Å². The van der Waals surface area contributed by atoms with E-state index < -0.39 is 0 Å². The average Bonchev–Trinajstić information content (AvgIpc) is 2.17. The predicted octanol–water partition coefficient (Wildman–Crippen LogP) is 1.65. The third kappa shape index (κ3) is 0.722. The molecule has 0 aromatic carbocycles. The molecular formula is C8H15NO. The van der Waals surface area contributed by atoms with Gasteiger partial charge in [-0.1, -0.05) is 0 Å². The van der Waals surface area contributed by atoms with Crippen LogP contribution in [0.2, 0.25) is 0 Å². The molecule has 2 aliphatic rings. The zero-order chi connectivity index (χ0) is 7.19. The molecule has 1 unspecified atom stereocenters. The van der Waals surface area contributed by atoms with Crippen molar-refractivity contribution in [3.05, 3.63) is 5.21 Å². The molecule has 0 aromatic rings. The van der Waals surface area contributed by atoms with E-state index in [0.717, 1.165) is 0 Å². The number of rotatable bonds is 0. The van der Waals surface area contributed by atoms with Crippen molar-refractivity contribution in [2.75, 3.05) is 7.05 Å². The summed E-state index contributed by atoms with van der Waals surface area (Å²) in [6.07, 6.45) is 6.02. The lowest BCUT2D eigenvalue weighted by molar-refractivity contribution is -0.902. The molecule has 2 rings (SSSR count). The van der Waals surface area contributed by atoms with E-state index >= 15 is 0 Å².